The van der Waals surface area contributed by atoms with E-state index >= 15 is 0 Å². The zero-order valence-corrected chi connectivity index (χ0v) is 14.2. The van der Waals surface area contributed by atoms with Crippen molar-refractivity contribution in [2.24, 2.45) is 0 Å². The van der Waals surface area contributed by atoms with Gasteiger partial charge in [-0.15, -0.1) is 0 Å². The Bertz CT molecular complexity index is 860. The Labute approximate surface area is 150 Å². The van der Waals surface area contributed by atoms with Crippen molar-refractivity contribution in [2.45, 2.75) is 26.7 Å². The molecule has 0 saturated carbocycles. The molecule has 1 aromatic heterocycles. The smallest absolute Gasteiger partial charge is 0.387 e. The number of aliphatic hydroxyl groups is 1. The molecule has 0 amide bonds. The Morgan fingerprint density at radius 1 is 1.08 bits per heavy atom. The van der Waals surface area contributed by atoms with Crippen molar-refractivity contribution in [3.8, 4) is 17.2 Å². The predicted octanol–water partition coefficient (Wildman–Crippen LogP) is 4.46. The molecule has 3 aromatic rings. The van der Waals surface area contributed by atoms with Gasteiger partial charge in [0, 0.05) is 23.6 Å². The number of benzene rings is 2. The Hall–Kier alpha value is -2.86. The molecule has 0 bridgehead atoms. The Balaban J connectivity index is 1.71. The first-order valence-corrected chi connectivity index (χ1v) is 8.11. The highest BCUT2D eigenvalue weighted by Crippen LogP contribution is 2.26. The Morgan fingerprint density at radius 3 is 2.50 bits per heavy atom. The molecule has 0 radical (unpaired) electrons. The van der Waals surface area contributed by atoms with Crippen LogP contribution in [0.1, 0.15) is 16.7 Å². The number of alkyl halides is 2. The van der Waals surface area contributed by atoms with Crippen LogP contribution in [0.25, 0.3) is 5.69 Å². The monoisotopic (exact) mass is 359 g/mol. The van der Waals surface area contributed by atoms with Gasteiger partial charge >= 0.3 is 6.61 Å². The maximum absolute atomic E-state index is 12.5. The molecule has 6 heteroatoms. The molecule has 1 N–H and O–H groups in total. The van der Waals surface area contributed by atoms with E-state index < -0.39 is 6.61 Å². The normalized spacial score (nSPS) is 11.0. The van der Waals surface area contributed by atoms with E-state index in [0.29, 0.717) is 11.3 Å². The number of aryl methyl sites for hydroxylation is 1. The lowest BCUT2D eigenvalue weighted by Gasteiger charge is -2.14. The van der Waals surface area contributed by atoms with Crippen molar-refractivity contribution in [2.75, 3.05) is 0 Å². The van der Waals surface area contributed by atoms with E-state index in [-0.39, 0.29) is 19.0 Å². The van der Waals surface area contributed by atoms with Crippen LogP contribution in [0, 0.1) is 6.92 Å². The molecular weight excluding hydrogens is 340 g/mol. The molecule has 0 unspecified atom stereocenters. The second kappa shape index (κ2) is 8.01. The van der Waals surface area contributed by atoms with E-state index in [1.165, 1.54) is 6.07 Å². The van der Waals surface area contributed by atoms with Gasteiger partial charge in [-0.05, 0) is 54.4 Å². The van der Waals surface area contributed by atoms with Gasteiger partial charge in [-0.1, -0.05) is 12.1 Å². The van der Waals surface area contributed by atoms with Crippen molar-refractivity contribution >= 4 is 0 Å². The maximum Gasteiger partial charge on any atom is 0.387 e. The van der Waals surface area contributed by atoms with Crippen molar-refractivity contribution in [3.63, 3.8) is 0 Å². The second-order valence-corrected chi connectivity index (χ2v) is 5.80. The third-order valence-electron chi connectivity index (χ3n) is 4.04. The average molecular weight is 359 g/mol. The van der Waals surface area contributed by atoms with Crippen LogP contribution in [0.4, 0.5) is 8.78 Å². The fourth-order valence-electron chi connectivity index (χ4n) is 2.63. The molecule has 2 aromatic carbocycles. The standard InChI is InChI=1S/C20H19F2NO3/c1-14-3-2-4-19(26-20(21)22)18(14)13-25-17-7-5-16(6-8-17)23-10-9-15(11-23)12-24/h2-11,20,24H,12-13H2,1H3. The first-order valence-electron chi connectivity index (χ1n) is 8.11. The lowest BCUT2D eigenvalue weighted by Crippen LogP contribution is -2.07. The van der Waals surface area contributed by atoms with Gasteiger partial charge in [-0.25, -0.2) is 0 Å². The van der Waals surface area contributed by atoms with Gasteiger partial charge in [-0.3, -0.25) is 0 Å². The van der Waals surface area contributed by atoms with Gasteiger partial charge in [0.1, 0.15) is 18.1 Å². The molecule has 0 aliphatic carbocycles. The van der Waals surface area contributed by atoms with Crippen molar-refractivity contribution in [3.05, 3.63) is 77.6 Å². The van der Waals surface area contributed by atoms with Gasteiger partial charge in [0.05, 0.1) is 6.61 Å². The summed E-state index contributed by atoms with van der Waals surface area (Å²) in [7, 11) is 0. The van der Waals surface area contributed by atoms with Crippen molar-refractivity contribution in [1.82, 2.24) is 4.57 Å². The number of aliphatic hydroxyl groups excluding tert-OH is 1. The topological polar surface area (TPSA) is 43.6 Å². The lowest BCUT2D eigenvalue weighted by atomic mass is 10.1. The lowest BCUT2D eigenvalue weighted by molar-refractivity contribution is -0.0508. The fourth-order valence-corrected chi connectivity index (χ4v) is 2.63. The van der Waals surface area contributed by atoms with Crippen LogP contribution in [-0.2, 0) is 13.2 Å². The van der Waals surface area contributed by atoms with Crippen molar-refractivity contribution < 1.29 is 23.4 Å². The summed E-state index contributed by atoms with van der Waals surface area (Å²) in [6.45, 7) is -0.926. The number of nitrogens with zero attached hydrogens (tertiary/aromatic N) is 1. The number of hydrogen-bond acceptors (Lipinski definition) is 3. The minimum Gasteiger partial charge on any atom is -0.489 e. The summed E-state index contributed by atoms with van der Waals surface area (Å²) in [5.41, 5.74) is 3.17. The Kier molecular flexibility index (Phi) is 5.53. The number of rotatable bonds is 7. The minimum absolute atomic E-state index is 0.00631. The van der Waals surface area contributed by atoms with E-state index in [1.54, 1.807) is 18.2 Å². The van der Waals surface area contributed by atoms with Crippen LogP contribution in [-0.4, -0.2) is 16.3 Å². The quantitative estimate of drug-likeness (QED) is 0.677. The van der Waals surface area contributed by atoms with Gasteiger partial charge < -0.3 is 19.1 Å². The number of hydrogen-bond donors (Lipinski definition) is 1. The van der Waals surface area contributed by atoms with Gasteiger partial charge in [0.2, 0.25) is 0 Å². The Morgan fingerprint density at radius 2 is 1.85 bits per heavy atom. The van der Waals surface area contributed by atoms with E-state index in [4.69, 9.17) is 9.84 Å². The largest absolute Gasteiger partial charge is 0.489 e. The molecule has 0 saturated heterocycles. The zero-order valence-electron chi connectivity index (χ0n) is 14.2. The second-order valence-electron chi connectivity index (χ2n) is 5.80. The van der Waals surface area contributed by atoms with Gasteiger partial charge in [0.25, 0.3) is 0 Å². The molecule has 26 heavy (non-hydrogen) atoms. The summed E-state index contributed by atoms with van der Waals surface area (Å²) >= 11 is 0. The van der Waals surface area contributed by atoms with Crippen LogP contribution in [0.5, 0.6) is 11.5 Å². The zero-order chi connectivity index (χ0) is 18.5. The third kappa shape index (κ3) is 4.21. The molecule has 0 spiro atoms. The summed E-state index contributed by atoms with van der Waals surface area (Å²) in [6, 6.07) is 14.2. The van der Waals surface area contributed by atoms with Crippen LogP contribution in [0.3, 0.4) is 0 Å². The predicted molar refractivity (Wildman–Crippen MR) is 93.8 cm³/mol. The molecule has 0 fully saturated rings. The number of ether oxygens (including phenoxy) is 2. The van der Waals surface area contributed by atoms with Gasteiger partial charge in [0.15, 0.2) is 0 Å². The maximum atomic E-state index is 12.5. The first-order chi connectivity index (χ1) is 12.6. The minimum atomic E-state index is -2.87. The highest BCUT2D eigenvalue weighted by Gasteiger charge is 2.12. The van der Waals surface area contributed by atoms with Crippen molar-refractivity contribution in [1.29, 1.82) is 0 Å². The molecule has 136 valence electrons. The highest BCUT2D eigenvalue weighted by molar-refractivity contribution is 5.41. The summed E-state index contributed by atoms with van der Waals surface area (Å²) in [4.78, 5) is 0. The van der Waals surface area contributed by atoms with Crippen LogP contribution < -0.4 is 9.47 Å². The molecular formula is C20H19F2NO3. The van der Waals surface area contributed by atoms with Crippen LogP contribution in [0.2, 0.25) is 0 Å². The summed E-state index contributed by atoms with van der Waals surface area (Å²) in [5, 5.41) is 9.13. The summed E-state index contributed by atoms with van der Waals surface area (Å²) < 4.78 is 37.3. The summed E-state index contributed by atoms with van der Waals surface area (Å²) in [5.74, 6) is 0.745. The van der Waals surface area contributed by atoms with Crippen LogP contribution in [0.15, 0.2) is 60.9 Å². The average Bonchev–Trinajstić information content (AvgIpc) is 3.10. The molecule has 0 aliphatic heterocycles. The van der Waals surface area contributed by atoms with Crippen LogP contribution >= 0.6 is 0 Å². The first kappa shape index (κ1) is 17.9. The molecule has 0 atom stereocenters. The van der Waals surface area contributed by atoms with E-state index in [9.17, 15) is 8.78 Å². The third-order valence-corrected chi connectivity index (χ3v) is 4.04. The molecule has 4 nitrogen and oxygen atoms in total. The molecule has 0 aliphatic rings. The van der Waals surface area contributed by atoms with Gasteiger partial charge in [-0.2, -0.15) is 8.78 Å². The highest BCUT2D eigenvalue weighted by atomic mass is 19.3. The van der Waals surface area contributed by atoms with E-state index in [1.807, 2.05) is 48.1 Å². The molecule has 3 rings (SSSR count). The molecule has 1 heterocycles. The van der Waals surface area contributed by atoms with E-state index in [0.717, 1.165) is 16.8 Å². The fraction of sp³-hybridized carbons (Fsp3) is 0.200. The number of aromatic nitrogens is 1. The SMILES string of the molecule is Cc1cccc(OC(F)F)c1COc1ccc(-n2ccc(CO)c2)cc1. The summed E-state index contributed by atoms with van der Waals surface area (Å²) in [6.07, 6.45) is 3.71. The number of halogens is 2. The van der Waals surface area contributed by atoms with E-state index in [2.05, 4.69) is 4.74 Å².